The lowest BCUT2D eigenvalue weighted by Crippen LogP contribution is -2.51. The van der Waals surface area contributed by atoms with Crippen LogP contribution in [-0.2, 0) is 22.9 Å². The van der Waals surface area contributed by atoms with Crippen LogP contribution in [-0.4, -0.2) is 61.9 Å². The molecule has 0 unspecified atom stereocenters. The second-order valence-corrected chi connectivity index (χ2v) is 9.70. The van der Waals surface area contributed by atoms with Gasteiger partial charge in [-0.2, -0.15) is 17.5 Å². The van der Waals surface area contributed by atoms with Crippen LogP contribution in [0.1, 0.15) is 35.3 Å². The number of halogens is 4. The minimum absolute atomic E-state index is 0. The fraction of sp³-hybridized carbons (Fsp3) is 0.750. The lowest BCUT2D eigenvalue weighted by molar-refractivity contribution is -0.0494. The van der Waals surface area contributed by atoms with Crippen molar-refractivity contribution in [3.8, 4) is 0 Å². The lowest BCUT2D eigenvalue weighted by atomic mass is 10.1. The van der Waals surface area contributed by atoms with Crippen molar-refractivity contribution in [3.63, 3.8) is 0 Å². The number of aromatic nitrogens is 1. The Balaban J connectivity index is 0.00000420. The Bertz CT molecular complexity index is 791. The molecular formula is C16H27F3IN5O2S2. The number of piperidine rings is 1. The summed E-state index contributed by atoms with van der Waals surface area (Å²) in [4.78, 5) is 9.93. The fourth-order valence-electron chi connectivity index (χ4n) is 2.99. The molecule has 1 saturated heterocycles. The Kier molecular flexibility index (Phi) is 10.1. The SMILES string of the molecule is CCc1nc(CCNC(=NC)NC2CCN(S(=O)(=O)C(F)(F)F)CC2)sc1C.I. The molecule has 0 radical (unpaired) electrons. The molecule has 0 aliphatic carbocycles. The zero-order valence-corrected chi connectivity index (χ0v) is 20.5. The molecule has 1 fully saturated rings. The average molecular weight is 569 g/mol. The summed E-state index contributed by atoms with van der Waals surface area (Å²) in [6.07, 6.45) is 2.21. The minimum Gasteiger partial charge on any atom is -0.356 e. The quantitative estimate of drug-likeness (QED) is 0.313. The molecule has 0 saturated carbocycles. The van der Waals surface area contributed by atoms with Crippen LogP contribution in [0.3, 0.4) is 0 Å². The number of nitrogens with one attached hydrogen (secondary N) is 2. The zero-order chi connectivity index (χ0) is 20.9. The number of thiazole rings is 1. The third-order valence-electron chi connectivity index (χ3n) is 4.55. The van der Waals surface area contributed by atoms with Gasteiger partial charge in [-0.3, -0.25) is 4.99 Å². The van der Waals surface area contributed by atoms with Crippen molar-refractivity contribution in [2.75, 3.05) is 26.7 Å². The average Bonchev–Trinajstić information content (AvgIpc) is 3.00. The number of sulfonamides is 1. The molecule has 1 aliphatic rings. The van der Waals surface area contributed by atoms with E-state index in [0.29, 0.717) is 16.8 Å². The second-order valence-electron chi connectivity index (χ2n) is 6.48. The van der Waals surface area contributed by atoms with Crippen molar-refractivity contribution < 1.29 is 21.6 Å². The van der Waals surface area contributed by atoms with Gasteiger partial charge in [-0.05, 0) is 26.2 Å². The standard InChI is InChI=1S/C16H26F3N5O2S2.HI/c1-4-13-11(2)27-14(23-13)5-8-21-15(20-3)22-12-6-9-24(10-7-12)28(25,26)16(17,18)19;/h12H,4-10H2,1-3H3,(H2,20,21,22);1H. The van der Waals surface area contributed by atoms with Crippen molar-refractivity contribution >= 4 is 51.3 Å². The maximum atomic E-state index is 12.6. The second kappa shape index (κ2) is 11.1. The molecule has 0 spiro atoms. The van der Waals surface area contributed by atoms with Gasteiger partial charge in [0, 0.05) is 44.0 Å². The van der Waals surface area contributed by atoms with Crippen LogP contribution in [0, 0.1) is 6.92 Å². The molecule has 0 aromatic carbocycles. The van der Waals surface area contributed by atoms with Gasteiger partial charge in [-0.1, -0.05) is 6.92 Å². The molecule has 1 aliphatic heterocycles. The maximum Gasteiger partial charge on any atom is 0.511 e. The number of alkyl halides is 3. The van der Waals surface area contributed by atoms with Gasteiger partial charge in [0.1, 0.15) is 0 Å². The Morgan fingerprint density at radius 3 is 2.45 bits per heavy atom. The van der Waals surface area contributed by atoms with Crippen LogP contribution < -0.4 is 10.6 Å². The predicted octanol–water partition coefficient (Wildman–Crippen LogP) is 2.65. The highest BCUT2D eigenvalue weighted by molar-refractivity contribution is 14.0. The molecule has 7 nitrogen and oxygen atoms in total. The number of aliphatic imine (C=N–C) groups is 1. The summed E-state index contributed by atoms with van der Waals surface area (Å²) in [5.41, 5.74) is -4.14. The van der Waals surface area contributed by atoms with Gasteiger partial charge in [0.05, 0.1) is 10.7 Å². The summed E-state index contributed by atoms with van der Waals surface area (Å²) in [5, 5.41) is 7.37. The Hall–Kier alpha value is -0.670. The third-order valence-corrected chi connectivity index (χ3v) is 7.26. The van der Waals surface area contributed by atoms with E-state index in [0.717, 1.165) is 23.5 Å². The molecule has 2 rings (SSSR count). The van der Waals surface area contributed by atoms with Gasteiger partial charge in [0.15, 0.2) is 5.96 Å². The monoisotopic (exact) mass is 569 g/mol. The van der Waals surface area contributed by atoms with Gasteiger partial charge in [0.25, 0.3) is 0 Å². The fourth-order valence-corrected chi connectivity index (χ4v) is 4.99. The summed E-state index contributed by atoms with van der Waals surface area (Å²) >= 11 is 1.67. The van der Waals surface area contributed by atoms with Crippen molar-refractivity contribution in [1.82, 2.24) is 19.9 Å². The van der Waals surface area contributed by atoms with Crippen LogP contribution in [0.25, 0.3) is 0 Å². The highest BCUT2D eigenvalue weighted by Crippen LogP contribution is 2.28. The van der Waals surface area contributed by atoms with Crippen molar-refractivity contribution in [1.29, 1.82) is 0 Å². The third kappa shape index (κ3) is 6.92. The molecule has 29 heavy (non-hydrogen) atoms. The van der Waals surface area contributed by atoms with E-state index < -0.39 is 15.5 Å². The van der Waals surface area contributed by atoms with Crippen LogP contribution in [0.5, 0.6) is 0 Å². The predicted molar refractivity (Wildman–Crippen MR) is 119 cm³/mol. The molecular weight excluding hydrogens is 542 g/mol. The van der Waals surface area contributed by atoms with E-state index in [4.69, 9.17) is 0 Å². The summed E-state index contributed by atoms with van der Waals surface area (Å²) in [6, 6.07) is -0.139. The van der Waals surface area contributed by atoms with E-state index in [9.17, 15) is 21.6 Å². The first-order valence-electron chi connectivity index (χ1n) is 9.07. The first-order valence-corrected chi connectivity index (χ1v) is 11.3. The number of guanidine groups is 1. The maximum absolute atomic E-state index is 12.6. The number of hydrogen-bond acceptors (Lipinski definition) is 5. The van der Waals surface area contributed by atoms with Gasteiger partial charge in [-0.25, -0.2) is 13.4 Å². The van der Waals surface area contributed by atoms with E-state index >= 15 is 0 Å². The summed E-state index contributed by atoms with van der Waals surface area (Å²) in [6.45, 7) is 4.40. The number of rotatable bonds is 6. The Morgan fingerprint density at radius 2 is 1.97 bits per heavy atom. The number of hydrogen-bond donors (Lipinski definition) is 2. The van der Waals surface area contributed by atoms with E-state index in [-0.39, 0.29) is 55.9 Å². The summed E-state index contributed by atoms with van der Waals surface area (Å²) in [7, 11) is -3.64. The topological polar surface area (TPSA) is 86.7 Å². The molecule has 2 N–H and O–H groups in total. The molecule has 0 amide bonds. The van der Waals surface area contributed by atoms with Gasteiger partial charge in [0.2, 0.25) is 0 Å². The van der Waals surface area contributed by atoms with Gasteiger partial charge < -0.3 is 10.6 Å². The van der Waals surface area contributed by atoms with Crippen LogP contribution in [0.15, 0.2) is 4.99 Å². The van der Waals surface area contributed by atoms with E-state index in [1.165, 1.54) is 4.88 Å². The van der Waals surface area contributed by atoms with Crippen molar-refractivity contribution in [2.45, 2.75) is 51.1 Å². The smallest absolute Gasteiger partial charge is 0.356 e. The zero-order valence-electron chi connectivity index (χ0n) is 16.5. The van der Waals surface area contributed by atoms with E-state index in [2.05, 4.69) is 34.5 Å². The molecule has 168 valence electrons. The molecule has 2 heterocycles. The Morgan fingerprint density at radius 1 is 1.34 bits per heavy atom. The normalized spacial score (nSPS) is 17.1. The molecule has 1 aromatic rings. The van der Waals surface area contributed by atoms with Crippen LogP contribution in [0.2, 0.25) is 0 Å². The van der Waals surface area contributed by atoms with Crippen molar-refractivity contribution in [2.24, 2.45) is 4.99 Å². The number of nitrogens with zero attached hydrogens (tertiary/aromatic N) is 3. The number of aryl methyl sites for hydroxylation is 2. The highest BCUT2D eigenvalue weighted by Gasteiger charge is 2.50. The lowest BCUT2D eigenvalue weighted by Gasteiger charge is -2.32. The molecule has 0 atom stereocenters. The van der Waals surface area contributed by atoms with Crippen molar-refractivity contribution in [3.05, 3.63) is 15.6 Å². The highest BCUT2D eigenvalue weighted by atomic mass is 127. The van der Waals surface area contributed by atoms with Gasteiger partial charge in [-0.15, -0.1) is 35.3 Å². The van der Waals surface area contributed by atoms with E-state index in [1.54, 1.807) is 18.4 Å². The molecule has 1 aromatic heterocycles. The summed E-state index contributed by atoms with van der Waals surface area (Å²) in [5.74, 6) is 0.543. The first kappa shape index (κ1) is 26.4. The summed E-state index contributed by atoms with van der Waals surface area (Å²) < 4.78 is 61.3. The molecule has 0 bridgehead atoms. The van der Waals surface area contributed by atoms with Gasteiger partial charge >= 0.3 is 15.5 Å². The Labute approximate surface area is 190 Å². The first-order chi connectivity index (χ1) is 13.1. The largest absolute Gasteiger partial charge is 0.511 e. The van der Waals surface area contributed by atoms with Crippen LogP contribution >= 0.6 is 35.3 Å². The molecule has 13 heteroatoms. The van der Waals surface area contributed by atoms with Crippen LogP contribution in [0.4, 0.5) is 13.2 Å². The minimum atomic E-state index is -5.25. The van der Waals surface area contributed by atoms with E-state index in [1.807, 2.05) is 0 Å².